The molecule has 4 N–H and O–H groups in total. The molecule has 2 aromatic heterocycles. The van der Waals surface area contributed by atoms with E-state index in [0.717, 1.165) is 11.1 Å². The smallest absolute Gasteiger partial charge is 0.351 e. The van der Waals surface area contributed by atoms with E-state index in [-0.39, 0.29) is 11.3 Å². The minimum Gasteiger partial charge on any atom is -0.351 e. The molecule has 0 fully saturated rings. The molecule has 2 heterocycles. The Kier molecular flexibility index (Phi) is 6.30. The summed E-state index contributed by atoms with van der Waals surface area (Å²) in [4.78, 5) is 14.6. The van der Waals surface area contributed by atoms with E-state index in [2.05, 4.69) is 29.2 Å². The lowest BCUT2D eigenvalue weighted by Gasteiger charge is -2.17. The number of aromatic amines is 1. The number of carbonyl (C=O) groups is 1. The summed E-state index contributed by atoms with van der Waals surface area (Å²) in [5.41, 5.74) is 5.19. The van der Waals surface area contributed by atoms with Gasteiger partial charge in [-0.2, -0.15) is 13.2 Å². The van der Waals surface area contributed by atoms with Crippen LogP contribution in [0.4, 0.5) is 23.7 Å². The molecular formula is C17H22F3N5OS. The number of rotatable bonds is 2. The minimum absolute atomic E-state index is 0.0815. The zero-order chi connectivity index (χ0) is 20.4. The largest absolute Gasteiger partial charge is 0.433 e. The first-order valence-electron chi connectivity index (χ1n) is 8.43. The second-order valence-electron chi connectivity index (χ2n) is 6.52. The number of halogens is 3. The van der Waals surface area contributed by atoms with Gasteiger partial charge in [-0.25, -0.2) is 9.78 Å². The summed E-state index contributed by atoms with van der Waals surface area (Å²) in [6.07, 6.45) is -0.748. The molecule has 0 aromatic carbocycles. The molecule has 148 valence electrons. The van der Waals surface area contributed by atoms with Gasteiger partial charge in [-0.3, -0.25) is 9.78 Å². The van der Waals surface area contributed by atoms with Crippen LogP contribution in [-0.4, -0.2) is 20.8 Å². The van der Waals surface area contributed by atoms with Crippen molar-refractivity contribution in [3.63, 3.8) is 0 Å². The Bertz CT molecular complexity index is 886. The lowest BCUT2D eigenvalue weighted by atomic mass is 10.1. The second-order valence-corrected chi connectivity index (χ2v) is 6.96. The number of aromatic nitrogens is 3. The van der Waals surface area contributed by atoms with Crippen LogP contribution in [0.5, 0.6) is 0 Å². The van der Waals surface area contributed by atoms with E-state index in [1.165, 1.54) is 6.92 Å². The fraction of sp³-hybridized carbons (Fsp3) is 0.471. The topological polar surface area (TPSA) is 88.7 Å². The third-order valence-electron chi connectivity index (χ3n) is 4.17. The standard InChI is InChI=1S/C11H12F3N3O.C6H10N2S/c1-5-8(17-10(15)18)6-3-2-4-7(6)16-9(5)11(12,13)14;1-5(2)8-4-3-6(9)7-8/h2-4H2,1H3,(H3,15,16,17,18);3-5H,1-2H3,(H,7,9). The first-order valence-corrected chi connectivity index (χ1v) is 8.84. The van der Waals surface area contributed by atoms with Gasteiger partial charge in [-0.15, -0.1) is 0 Å². The average Bonchev–Trinajstić information content (AvgIpc) is 3.17. The highest BCUT2D eigenvalue weighted by Crippen LogP contribution is 2.38. The third-order valence-corrected chi connectivity index (χ3v) is 4.39. The number of urea groups is 1. The highest BCUT2D eigenvalue weighted by molar-refractivity contribution is 7.71. The van der Waals surface area contributed by atoms with E-state index >= 15 is 0 Å². The summed E-state index contributed by atoms with van der Waals surface area (Å²) in [6, 6.07) is 1.49. The first kappa shape index (κ1) is 20.9. The third kappa shape index (κ3) is 5.09. The van der Waals surface area contributed by atoms with Crippen molar-refractivity contribution in [2.24, 2.45) is 5.73 Å². The Morgan fingerprint density at radius 2 is 2.07 bits per heavy atom. The van der Waals surface area contributed by atoms with E-state index in [0.29, 0.717) is 30.1 Å². The molecule has 0 unspecified atom stereocenters. The monoisotopic (exact) mass is 401 g/mol. The molecule has 0 aliphatic heterocycles. The summed E-state index contributed by atoms with van der Waals surface area (Å²) in [7, 11) is 0. The van der Waals surface area contributed by atoms with Crippen molar-refractivity contribution in [2.45, 2.75) is 52.3 Å². The van der Waals surface area contributed by atoms with Crippen LogP contribution in [-0.2, 0) is 19.0 Å². The molecule has 6 nitrogen and oxygen atoms in total. The van der Waals surface area contributed by atoms with Crippen molar-refractivity contribution in [3.8, 4) is 0 Å². The summed E-state index contributed by atoms with van der Waals surface area (Å²) >= 11 is 4.88. The Hall–Kier alpha value is -2.36. The summed E-state index contributed by atoms with van der Waals surface area (Å²) in [5.74, 6) is 0. The maximum atomic E-state index is 12.8. The Labute approximate surface area is 160 Å². The van der Waals surface area contributed by atoms with Crippen LogP contribution >= 0.6 is 12.2 Å². The molecule has 0 atom stereocenters. The fourth-order valence-electron chi connectivity index (χ4n) is 2.90. The predicted octanol–water partition coefficient (Wildman–Crippen LogP) is 4.51. The van der Waals surface area contributed by atoms with Crippen molar-refractivity contribution >= 4 is 23.9 Å². The second kappa shape index (κ2) is 8.12. The molecule has 2 amide bonds. The number of pyridine rings is 1. The van der Waals surface area contributed by atoms with Crippen molar-refractivity contribution in [2.75, 3.05) is 5.32 Å². The van der Waals surface area contributed by atoms with Crippen molar-refractivity contribution < 1.29 is 18.0 Å². The molecule has 3 rings (SSSR count). The van der Waals surface area contributed by atoms with Gasteiger partial charge < -0.3 is 11.1 Å². The maximum absolute atomic E-state index is 12.8. The van der Waals surface area contributed by atoms with Crippen LogP contribution in [0.15, 0.2) is 12.3 Å². The lowest BCUT2D eigenvalue weighted by Crippen LogP contribution is -2.23. The van der Waals surface area contributed by atoms with E-state index < -0.39 is 17.9 Å². The van der Waals surface area contributed by atoms with Gasteiger partial charge in [-0.05, 0) is 51.7 Å². The summed E-state index contributed by atoms with van der Waals surface area (Å²) < 4.78 is 41.3. The number of hydrogen-bond donors (Lipinski definition) is 3. The molecule has 0 saturated heterocycles. The molecular weight excluding hydrogens is 379 g/mol. The van der Waals surface area contributed by atoms with Crippen LogP contribution in [0.2, 0.25) is 0 Å². The van der Waals surface area contributed by atoms with Gasteiger partial charge in [0.15, 0.2) is 0 Å². The van der Waals surface area contributed by atoms with Crippen LogP contribution < -0.4 is 11.1 Å². The van der Waals surface area contributed by atoms with Crippen LogP contribution in [0.25, 0.3) is 0 Å². The zero-order valence-electron chi connectivity index (χ0n) is 15.3. The average molecular weight is 401 g/mol. The van der Waals surface area contributed by atoms with Crippen molar-refractivity contribution in [1.29, 1.82) is 0 Å². The quantitative estimate of drug-likeness (QED) is 0.647. The van der Waals surface area contributed by atoms with Crippen molar-refractivity contribution in [3.05, 3.63) is 39.4 Å². The molecule has 0 radical (unpaired) electrons. The van der Waals surface area contributed by atoms with E-state index in [4.69, 9.17) is 18.0 Å². The number of anilines is 1. The van der Waals surface area contributed by atoms with Crippen molar-refractivity contribution in [1.82, 2.24) is 14.8 Å². The predicted molar refractivity (Wildman–Crippen MR) is 99.2 cm³/mol. The highest BCUT2D eigenvalue weighted by Gasteiger charge is 2.37. The van der Waals surface area contributed by atoms with Gasteiger partial charge in [0.1, 0.15) is 10.3 Å². The Morgan fingerprint density at radius 1 is 1.41 bits per heavy atom. The fourth-order valence-corrected chi connectivity index (χ4v) is 3.07. The molecule has 0 bridgehead atoms. The van der Waals surface area contributed by atoms with Crippen LogP contribution in [0.3, 0.4) is 0 Å². The number of carbonyl (C=O) groups excluding carboxylic acids is 1. The highest BCUT2D eigenvalue weighted by atomic mass is 32.1. The number of nitrogens with zero attached hydrogens (tertiary/aromatic N) is 2. The SMILES string of the molecule is CC(C)n1ccc(=S)[nH]1.Cc1c(C(F)(F)F)nc2c(c1NC(N)=O)CCC2. The van der Waals surface area contributed by atoms with Gasteiger partial charge in [0, 0.05) is 23.5 Å². The van der Waals surface area contributed by atoms with Gasteiger partial charge in [0.2, 0.25) is 0 Å². The normalized spacial score (nSPS) is 13.1. The number of H-pyrrole nitrogens is 1. The van der Waals surface area contributed by atoms with Gasteiger partial charge in [0.05, 0.1) is 5.69 Å². The number of alkyl halides is 3. The molecule has 0 spiro atoms. The molecule has 0 saturated carbocycles. The van der Waals surface area contributed by atoms with Crippen LogP contribution in [0, 0.1) is 11.6 Å². The van der Waals surface area contributed by atoms with E-state index in [1.54, 1.807) is 0 Å². The number of nitrogens with one attached hydrogen (secondary N) is 2. The molecule has 27 heavy (non-hydrogen) atoms. The lowest BCUT2D eigenvalue weighted by molar-refractivity contribution is -0.141. The van der Waals surface area contributed by atoms with Gasteiger partial charge in [-0.1, -0.05) is 12.2 Å². The first-order chi connectivity index (χ1) is 12.5. The summed E-state index contributed by atoms with van der Waals surface area (Å²) in [6.45, 7) is 5.50. The molecule has 2 aromatic rings. The Balaban J connectivity index is 0.000000244. The maximum Gasteiger partial charge on any atom is 0.433 e. The van der Waals surface area contributed by atoms with Gasteiger partial charge in [0.25, 0.3) is 0 Å². The number of hydrogen-bond acceptors (Lipinski definition) is 3. The van der Waals surface area contributed by atoms with E-state index in [9.17, 15) is 18.0 Å². The van der Waals surface area contributed by atoms with Gasteiger partial charge >= 0.3 is 12.2 Å². The number of amides is 2. The zero-order valence-corrected chi connectivity index (χ0v) is 16.1. The molecule has 1 aliphatic rings. The number of nitrogens with two attached hydrogens (primary N) is 1. The van der Waals surface area contributed by atoms with Crippen LogP contribution in [0.1, 0.15) is 48.8 Å². The Morgan fingerprint density at radius 3 is 2.52 bits per heavy atom. The van der Waals surface area contributed by atoms with E-state index in [1.807, 2.05) is 16.9 Å². The molecule has 10 heteroatoms. The number of primary amides is 1. The summed E-state index contributed by atoms with van der Waals surface area (Å²) in [5, 5.41) is 5.29. The molecule has 1 aliphatic carbocycles. The number of fused-ring (bicyclic) bond motifs is 1. The minimum atomic E-state index is -4.53. The number of aryl methyl sites for hydroxylation is 1.